The van der Waals surface area contributed by atoms with Crippen LogP contribution >= 0.6 is 0 Å². The van der Waals surface area contributed by atoms with E-state index in [0.717, 1.165) is 11.4 Å². The van der Waals surface area contributed by atoms with E-state index in [0.29, 0.717) is 12.2 Å². The van der Waals surface area contributed by atoms with Crippen LogP contribution in [0.5, 0.6) is 0 Å². The minimum atomic E-state index is 0.337. The first kappa shape index (κ1) is 8.00. The van der Waals surface area contributed by atoms with E-state index in [1.807, 2.05) is 29.9 Å². The molecule has 0 spiro atoms. The van der Waals surface area contributed by atoms with Crippen molar-refractivity contribution in [2.45, 2.75) is 6.54 Å². The lowest BCUT2D eigenvalue weighted by molar-refractivity contribution is 0.304. The first-order valence-electron chi connectivity index (χ1n) is 3.96. The number of hydrogen-bond acceptors (Lipinski definition) is 4. The number of hydrogen-bond donors (Lipinski definition) is 1. The normalized spacial score (nSPS) is 10.6. The molecule has 0 aromatic carbocycles. The summed E-state index contributed by atoms with van der Waals surface area (Å²) in [6, 6.07) is 3.88. The monoisotopic (exact) mass is 178 g/mol. The maximum absolute atomic E-state index is 5.48. The number of rotatable bonds is 2. The molecule has 0 saturated carbocycles. The largest absolute Gasteiger partial charge is 0.349 e. The molecule has 0 unspecified atom stereocenters. The summed E-state index contributed by atoms with van der Waals surface area (Å²) in [5, 5.41) is 7.51. The average molecular weight is 178 g/mol. The average Bonchev–Trinajstić information content (AvgIpc) is 2.71. The second kappa shape index (κ2) is 3.02. The molecule has 13 heavy (non-hydrogen) atoms. The summed E-state index contributed by atoms with van der Waals surface area (Å²) in [6.07, 6.45) is 1.93. The van der Waals surface area contributed by atoms with Crippen LogP contribution < -0.4 is 5.73 Å². The Morgan fingerprint density at radius 3 is 3.00 bits per heavy atom. The minimum Gasteiger partial charge on any atom is -0.349 e. The van der Waals surface area contributed by atoms with Gasteiger partial charge in [0.25, 0.3) is 0 Å². The molecule has 2 heterocycles. The van der Waals surface area contributed by atoms with Crippen molar-refractivity contribution < 1.29 is 4.63 Å². The third-order valence-electron chi connectivity index (χ3n) is 1.94. The summed E-state index contributed by atoms with van der Waals surface area (Å²) in [4.78, 5) is 0. The van der Waals surface area contributed by atoms with Crippen molar-refractivity contribution >= 4 is 0 Å². The molecule has 0 saturated heterocycles. The van der Waals surface area contributed by atoms with E-state index in [9.17, 15) is 0 Å². The van der Waals surface area contributed by atoms with Gasteiger partial charge in [-0.2, -0.15) is 0 Å². The third-order valence-corrected chi connectivity index (χ3v) is 1.94. The van der Waals surface area contributed by atoms with Gasteiger partial charge in [-0.15, -0.1) is 0 Å². The van der Waals surface area contributed by atoms with Crippen LogP contribution in [0.25, 0.3) is 11.4 Å². The number of nitrogens with two attached hydrogens (primary N) is 1. The first-order valence-corrected chi connectivity index (χ1v) is 3.96. The number of aryl methyl sites for hydroxylation is 1. The zero-order chi connectivity index (χ0) is 9.26. The molecule has 0 aliphatic heterocycles. The van der Waals surface area contributed by atoms with Crippen molar-refractivity contribution in [1.29, 1.82) is 0 Å². The Morgan fingerprint density at radius 1 is 1.54 bits per heavy atom. The molecule has 5 nitrogen and oxygen atoms in total. The lowest BCUT2D eigenvalue weighted by Crippen LogP contribution is -2.00. The zero-order valence-corrected chi connectivity index (χ0v) is 7.27. The van der Waals surface area contributed by atoms with Crippen LogP contribution in [0.2, 0.25) is 0 Å². The van der Waals surface area contributed by atoms with E-state index in [2.05, 4.69) is 14.9 Å². The van der Waals surface area contributed by atoms with Crippen molar-refractivity contribution in [3.05, 3.63) is 24.0 Å². The van der Waals surface area contributed by atoms with Gasteiger partial charge in [-0.25, -0.2) is 4.63 Å². The Hall–Kier alpha value is -1.62. The van der Waals surface area contributed by atoms with E-state index in [4.69, 9.17) is 5.73 Å². The highest BCUT2D eigenvalue weighted by molar-refractivity contribution is 5.56. The SMILES string of the molecule is Cn1cccc1-c1nonc1CN. The predicted molar refractivity (Wildman–Crippen MR) is 46.6 cm³/mol. The van der Waals surface area contributed by atoms with Crippen LogP contribution in [0, 0.1) is 0 Å². The molecule has 0 amide bonds. The van der Waals surface area contributed by atoms with Gasteiger partial charge in [-0.3, -0.25) is 0 Å². The fourth-order valence-electron chi connectivity index (χ4n) is 1.24. The summed E-state index contributed by atoms with van der Waals surface area (Å²) in [6.45, 7) is 0.337. The number of nitrogens with zero attached hydrogens (tertiary/aromatic N) is 3. The van der Waals surface area contributed by atoms with Gasteiger partial charge in [0.2, 0.25) is 0 Å². The smallest absolute Gasteiger partial charge is 0.155 e. The summed E-state index contributed by atoms with van der Waals surface area (Å²) in [7, 11) is 1.93. The van der Waals surface area contributed by atoms with Gasteiger partial charge in [-0.1, -0.05) is 5.16 Å². The van der Waals surface area contributed by atoms with Gasteiger partial charge in [0, 0.05) is 19.8 Å². The maximum Gasteiger partial charge on any atom is 0.155 e. The highest BCUT2D eigenvalue weighted by atomic mass is 16.6. The summed E-state index contributed by atoms with van der Waals surface area (Å²) in [5.41, 5.74) is 7.84. The minimum absolute atomic E-state index is 0.337. The fraction of sp³-hybridized carbons (Fsp3) is 0.250. The molecule has 0 fully saturated rings. The topological polar surface area (TPSA) is 69.9 Å². The second-order valence-electron chi connectivity index (χ2n) is 2.77. The van der Waals surface area contributed by atoms with Gasteiger partial charge >= 0.3 is 0 Å². The summed E-state index contributed by atoms with van der Waals surface area (Å²) < 4.78 is 6.57. The van der Waals surface area contributed by atoms with Gasteiger partial charge in [-0.05, 0) is 17.3 Å². The zero-order valence-electron chi connectivity index (χ0n) is 7.27. The molecule has 5 heteroatoms. The summed E-state index contributed by atoms with van der Waals surface area (Å²) >= 11 is 0. The highest BCUT2D eigenvalue weighted by Gasteiger charge is 2.12. The van der Waals surface area contributed by atoms with Gasteiger partial charge in [0.05, 0.1) is 5.69 Å². The standard InChI is InChI=1S/C8H10N4O/c1-12-4-2-3-7(12)8-6(5-9)10-13-11-8/h2-4H,5,9H2,1H3. The van der Waals surface area contributed by atoms with Crippen molar-refractivity contribution in [3.63, 3.8) is 0 Å². The van der Waals surface area contributed by atoms with E-state index >= 15 is 0 Å². The molecule has 0 aliphatic carbocycles. The molecule has 2 aromatic heterocycles. The molecule has 2 aromatic rings. The van der Waals surface area contributed by atoms with Crippen LogP contribution in [0.1, 0.15) is 5.69 Å². The molecule has 0 radical (unpaired) electrons. The van der Waals surface area contributed by atoms with Gasteiger partial charge in [0.15, 0.2) is 5.69 Å². The second-order valence-corrected chi connectivity index (χ2v) is 2.77. The van der Waals surface area contributed by atoms with Crippen molar-refractivity contribution in [1.82, 2.24) is 14.9 Å². The Labute approximate surface area is 75.1 Å². The van der Waals surface area contributed by atoms with Crippen molar-refractivity contribution in [2.24, 2.45) is 12.8 Å². The molecule has 2 N–H and O–H groups in total. The molecule has 2 rings (SSSR count). The van der Waals surface area contributed by atoms with Gasteiger partial charge in [0.1, 0.15) is 5.69 Å². The van der Waals surface area contributed by atoms with Crippen LogP contribution in [0.15, 0.2) is 23.0 Å². The summed E-state index contributed by atoms with van der Waals surface area (Å²) in [5.74, 6) is 0. The van der Waals surface area contributed by atoms with Gasteiger partial charge < -0.3 is 10.3 Å². The van der Waals surface area contributed by atoms with Crippen LogP contribution in [-0.2, 0) is 13.6 Å². The first-order chi connectivity index (χ1) is 6.33. The molecular weight excluding hydrogens is 168 g/mol. The van der Waals surface area contributed by atoms with E-state index in [-0.39, 0.29) is 0 Å². The van der Waals surface area contributed by atoms with Crippen molar-refractivity contribution in [3.8, 4) is 11.4 Å². The van der Waals surface area contributed by atoms with Crippen LogP contribution in [0.3, 0.4) is 0 Å². The Bertz CT molecular complexity index is 404. The van der Waals surface area contributed by atoms with Crippen LogP contribution in [0.4, 0.5) is 0 Å². The lowest BCUT2D eigenvalue weighted by Gasteiger charge is -1.98. The Kier molecular flexibility index (Phi) is 1.86. The molecule has 0 aliphatic rings. The molecule has 0 bridgehead atoms. The highest BCUT2D eigenvalue weighted by Crippen LogP contribution is 2.19. The van der Waals surface area contributed by atoms with E-state index < -0.39 is 0 Å². The van der Waals surface area contributed by atoms with Crippen LogP contribution in [-0.4, -0.2) is 14.9 Å². The fourth-order valence-corrected chi connectivity index (χ4v) is 1.24. The number of aromatic nitrogens is 3. The Morgan fingerprint density at radius 2 is 2.38 bits per heavy atom. The third kappa shape index (κ3) is 1.23. The molecular formula is C8H10N4O. The predicted octanol–water partition coefficient (Wildman–Crippen LogP) is 0.534. The Balaban J connectivity index is 2.52. The lowest BCUT2D eigenvalue weighted by atomic mass is 10.2. The maximum atomic E-state index is 5.48. The molecule has 0 atom stereocenters. The van der Waals surface area contributed by atoms with E-state index in [1.54, 1.807) is 0 Å². The van der Waals surface area contributed by atoms with E-state index in [1.165, 1.54) is 0 Å². The molecule has 68 valence electrons. The van der Waals surface area contributed by atoms with Crippen molar-refractivity contribution in [2.75, 3.05) is 0 Å². The quantitative estimate of drug-likeness (QED) is 0.728.